The molecule has 0 saturated carbocycles. The normalized spacial score (nSPS) is 13.3. The summed E-state index contributed by atoms with van der Waals surface area (Å²) in [5, 5.41) is 22.5. The monoisotopic (exact) mass is 397 g/mol. The number of benzene rings is 1. The van der Waals surface area contributed by atoms with E-state index in [1.165, 1.54) is 24.5 Å². The third-order valence-corrected chi connectivity index (χ3v) is 5.86. The molecule has 27 heavy (non-hydrogen) atoms. The Morgan fingerprint density at radius 1 is 1.33 bits per heavy atom. The van der Waals surface area contributed by atoms with Gasteiger partial charge in [0.25, 0.3) is 5.91 Å². The van der Waals surface area contributed by atoms with E-state index in [4.69, 9.17) is 16.3 Å². The summed E-state index contributed by atoms with van der Waals surface area (Å²) in [5.41, 5.74) is 2.10. The van der Waals surface area contributed by atoms with E-state index in [1.54, 1.807) is 18.2 Å². The van der Waals surface area contributed by atoms with Crippen LogP contribution in [0.5, 0.6) is 5.75 Å². The highest BCUT2D eigenvalue weighted by molar-refractivity contribution is 7.16. The SMILES string of the molecule is COc1ccc(C=C(C#N)C(=O)Nc2sc3c(c2C#N)CCCC3)cc1Cl. The van der Waals surface area contributed by atoms with Crippen LogP contribution in [0.15, 0.2) is 23.8 Å². The number of carbonyl (C=O) groups excluding carboxylic acids is 1. The lowest BCUT2D eigenvalue weighted by atomic mass is 9.96. The van der Waals surface area contributed by atoms with Crippen molar-refractivity contribution in [2.24, 2.45) is 0 Å². The van der Waals surface area contributed by atoms with E-state index in [0.717, 1.165) is 36.1 Å². The van der Waals surface area contributed by atoms with Crippen LogP contribution >= 0.6 is 22.9 Å². The number of ether oxygens (including phenoxy) is 1. The van der Waals surface area contributed by atoms with Gasteiger partial charge in [-0.25, -0.2) is 0 Å². The zero-order valence-electron chi connectivity index (χ0n) is 14.6. The molecule has 1 aromatic carbocycles. The Morgan fingerprint density at radius 3 is 2.78 bits per heavy atom. The third-order valence-electron chi connectivity index (χ3n) is 4.36. The first-order chi connectivity index (χ1) is 13.1. The van der Waals surface area contributed by atoms with Gasteiger partial charge in [-0.1, -0.05) is 17.7 Å². The van der Waals surface area contributed by atoms with Crippen LogP contribution in [0.2, 0.25) is 5.02 Å². The molecule has 0 bridgehead atoms. The molecule has 0 fully saturated rings. The fraction of sp³-hybridized carbons (Fsp3) is 0.250. The van der Waals surface area contributed by atoms with Gasteiger partial charge in [-0.15, -0.1) is 11.3 Å². The molecule has 1 aliphatic carbocycles. The smallest absolute Gasteiger partial charge is 0.266 e. The molecule has 0 radical (unpaired) electrons. The second-order valence-corrected chi connectivity index (χ2v) is 7.56. The number of halogens is 1. The Morgan fingerprint density at radius 2 is 2.11 bits per heavy atom. The van der Waals surface area contributed by atoms with Crippen molar-refractivity contribution in [3.63, 3.8) is 0 Å². The van der Waals surface area contributed by atoms with Gasteiger partial charge < -0.3 is 10.1 Å². The van der Waals surface area contributed by atoms with Crippen molar-refractivity contribution in [2.75, 3.05) is 12.4 Å². The molecule has 0 spiro atoms. The second-order valence-electron chi connectivity index (χ2n) is 6.04. The number of rotatable bonds is 4. The second kappa shape index (κ2) is 8.26. The van der Waals surface area contributed by atoms with Crippen LogP contribution < -0.4 is 10.1 Å². The first-order valence-corrected chi connectivity index (χ1v) is 9.58. The molecule has 1 amide bonds. The Labute approximate surface area is 166 Å². The lowest BCUT2D eigenvalue weighted by Crippen LogP contribution is -2.13. The van der Waals surface area contributed by atoms with Gasteiger partial charge in [0.2, 0.25) is 0 Å². The number of nitrogens with one attached hydrogen (secondary N) is 1. The predicted molar refractivity (Wildman–Crippen MR) is 106 cm³/mol. The van der Waals surface area contributed by atoms with E-state index in [-0.39, 0.29) is 5.57 Å². The van der Waals surface area contributed by atoms with Gasteiger partial charge in [0, 0.05) is 4.88 Å². The Hall–Kier alpha value is -2.80. The molecule has 5 nitrogen and oxygen atoms in total. The molecular formula is C20H16ClN3O2S. The number of fused-ring (bicyclic) bond motifs is 1. The highest BCUT2D eigenvalue weighted by Gasteiger charge is 2.22. The standard InChI is InChI=1S/C20H16ClN3O2S/c1-26-17-7-6-12(9-16(17)21)8-13(10-22)19(25)24-20-15(11-23)14-4-2-3-5-18(14)27-20/h6-9H,2-5H2,1H3,(H,24,25). The van der Waals surface area contributed by atoms with E-state index >= 15 is 0 Å². The Balaban J connectivity index is 1.86. The van der Waals surface area contributed by atoms with Crippen LogP contribution in [0.4, 0.5) is 5.00 Å². The van der Waals surface area contributed by atoms with Gasteiger partial charge in [0.15, 0.2) is 0 Å². The summed E-state index contributed by atoms with van der Waals surface area (Å²) in [4.78, 5) is 13.7. The summed E-state index contributed by atoms with van der Waals surface area (Å²) in [6.07, 6.45) is 5.38. The lowest BCUT2D eigenvalue weighted by molar-refractivity contribution is -0.112. The summed E-state index contributed by atoms with van der Waals surface area (Å²) in [7, 11) is 1.51. The van der Waals surface area contributed by atoms with Gasteiger partial charge in [0.05, 0.1) is 17.7 Å². The van der Waals surface area contributed by atoms with Gasteiger partial charge in [-0.2, -0.15) is 10.5 Å². The average molecular weight is 398 g/mol. The maximum Gasteiger partial charge on any atom is 0.266 e. The van der Waals surface area contributed by atoms with Crippen molar-refractivity contribution in [1.82, 2.24) is 0 Å². The molecule has 0 aliphatic heterocycles. The van der Waals surface area contributed by atoms with Crippen molar-refractivity contribution in [3.05, 3.63) is 50.4 Å². The molecule has 1 N–H and O–H groups in total. The zero-order chi connectivity index (χ0) is 19.4. The molecule has 1 heterocycles. The van der Waals surface area contributed by atoms with Crippen LogP contribution in [0.1, 0.15) is 34.4 Å². The minimum atomic E-state index is -0.542. The Kier molecular flexibility index (Phi) is 5.81. The largest absolute Gasteiger partial charge is 0.495 e. The van der Waals surface area contributed by atoms with Crippen molar-refractivity contribution in [3.8, 4) is 17.9 Å². The molecule has 0 atom stereocenters. The van der Waals surface area contributed by atoms with Gasteiger partial charge >= 0.3 is 0 Å². The van der Waals surface area contributed by atoms with Crippen LogP contribution in [0.3, 0.4) is 0 Å². The number of nitriles is 2. The van der Waals surface area contributed by atoms with Crippen LogP contribution in [0, 0.1) is 22.7 Å². The summed E-state index contributed by atoms with van der Waals surface area (Å²) >= 11 is 7.52. The molecule has 0 unspecified atom stereocenters. The first-order valence-electron chi connectivity index (χ1n) is 8.38. The number of thiophene rings is 1. The van der Waals surface area contributed by atoms with E-state index in [0.29, 0.717) is 26.9 Å². The van der Waals surface area contributed by atoms with Crippen molar-refractivity contribution >= 4 is 39.9 Å². The molecule has 1 aromatic heterocycles. The number of hydrogen-bond acceptors (Lipinski definition) is 5. The minimum absolute atomic E-state index is 0.0634. The molecule has 1 aliphatic rings. The number of amides is 1. The fourth-order valence-electron chi connectivity index (χ4n) is 3.03. The summed E-state index contributed by atoms with van der Waals surface area (Å²) in [6.45, 7) is 0. The van der Waals surface area contributed by atoms with Gasteiger partial charge in [-0.05, 0) is 55.0 Å². The van der Waals surface area contributed by atoms with Crippen LogP contribution in [-0.2, 0) is 17.6 Å². The lowest BCUT2D eigenvalue weighted by Gasteiger charge is -2.09. The average Bonchev–Trinajstić information content (AvgIpc) is 3.02. The number of methoxy groups -OCH3 is 1. The van der Waals surface area contributed by atoms with Crippen LogP contribution in [0.25, 0.3) is 6.08 Å². The number of anilines is 1. The molecular weight excluding hydrogens is 382 g/mol. The molecule has 136 valence electrons. The molecule has 7 heteroatoms. The van der Waals surface area contributed by atoms with Crippen LogP contribution in [-0.4, -0.2) is 13.0 Å². The highest BCUT2D eigenvalue weighted by Crippen LogP contribution is 2.37. The maximum atomic E-state index is 12.6. The summed E-state index contributed by atoms with van der Waals surface area (Å²) in [6, 6.07) is 9.11. The fourth-order valence-corrected chi connectivity index (χ4v) is 4.53. The minimum Gasteiger partial charge on any atom is -0.495 e. The Bertz CT molecular complexity index is 1010. The molecule has 0 saturated heterocycles. The summed E-state index contributed by atoms with van der Waals surface area (Å²) in [5.74, 6) is -0.0286. The summed E-state index contributed by atoms with van der Waals surface area (Å²) < 4.78 is 5.10. The molecule has 3 rings (SSSR count). The zero-order valence-corrected chi connectivity index (χ0v) is 16.2. The number of carbonyl (C=O) groups is 1. The number of nitrogens with zero attached hydrogens (tertiary/aromatic N) is 2. The van der Waals surface area contributed by atoms with Gasteiger partial charge in [0.1, 0.15) is 28.5 Å². The molecule has 2 aromatic rings. The number of aryl methyl sites for hydroxylation is 1. The van der Waals surface area contributed by atoms with E-state index in [1.807, 2.05) is 6.07 Å². The van der Waals surface area contributed by atoms with Crippen molar-refractivity contribution < 1.29 is 9.53 Å². The van der Waals surface area contributed by atoms with Crippen molar-refractivity contribution in [1.29, 1.82) is 10.5 Å². The highest BCUT2D eigenvalue weighted by atomic mass is 35.5. The van der Waals surface area contributed by atoms with Crippen molar-refractivity contribution in [2.45, 2.75) is 25.7 Å². The predicted octanol–water partition coefficient (Wildman–Crippen LogP) is 4.71. The topological polar surface area (TPSA) is 85.9 Å². The third kappa shape index (κ3) is 3.98. The van der Waals surface area contributed by atoms with Gasteiger partial charge in [-0.3, -0.25) is 4.79 Å². The van der Waals surface area contributed by atoms with E-state index < -0.39 is 5.91 Å². The van der Waals surface area contributed by atoms with E-state index in [9.17, 15) is 15.3 Å². The maximum absolute atomic E-state index is 12.6. The quantitative estimate of drug-likeness (QED) is 0.598. The van der Waals surface area contributed by atoms with E-state index in [2.05, 4.69) is 11.4 Å². The first kappa shape index (κ1) is 19.0. The number of hydrogen-bond donors (Lipinski definition) is 1.